The fourth-order valence-corrected chi connectivity index (χ4v) is 3.45. The number of amides is 1. The Morgan fingerprint density at radius 2 is 1.97 bits per heavy atom. The number of pyridine rings is 1. The molecule has 1 aliphatic rings. The van der Waals surface area contributed by atoms with Gasteiger partial charge in [-0.05, 0) is 73.7 Å². The predicted octanol–water partition coefficient (Wildman–Crippen LogP) is 5.84. The topological polar surface area (TPSA) is 68.3 Å². The highest BCUT2D eigenvalue weighted by atomic mass is 79.9. The molecule has 3 rings (SSSR count). The van der Waals surface area contributed by atoms with E-state index in [4.69, 9.17) is 16.3 Å². The zero-order valence-electron chi connectivity index (χ0n) is 16.3. The van der Waals surface area contributed by atoms with Crippen molar-refractivity contribution in [1.29, 1.82) is 0 Å². The molecule has 1 heterocycles. The molecular weight excluding hydrogens is 463 g/mol. The Morgan fingerprint density at radius 3 is 2.52 bits per heavy atom. The van der Waals surface area contributed by atoms with Gasteiger partial charge in [0.2, 0.25) is 0 Å². The van der Waals surface area contributed by atoms with Crippen molar-refractivity contribution in [2.45, 2.75) is 45.3 Å². The van der Waals surface area contributed by atoms with Gasteiger partial charge in [-0.25, -0.2) is 14.2 Å². The van der Waals surface area contributed by atoms with Gasteiger partial charge in [0.05, 0.1) is 16.6 Å². The Bertz CT molecular complexity index is 940. The van der Waals surface area contributed by atoms with E-state index in [1.54, 1.807) is 32.9 Å². The maximum atomic E-state index is 15.4. The second-order valence-electron chi connectivity index (χ2n) is 7.99. The van der Waals surface area contributed by atoms with Crippen LogP contribution in [0.3, 0.4) is 0 Å². The highest BCUT2D eigenvalue weighted by Crippen LogP contribution is 2.43. The van der Waals surface area contributed by atoms with Crippen LogP contribution in [0.25, 0.3) is 0 Å². The van der Waals surface area contributed by atoms with E-state index in [1.165, 1.54) is 18.3 Å². The Labute approximate surface area is 182 Å². The van der Waals surface area contributed by atoms with Gasteiger partial charge < -0.3 is 10.1 Å². The van der Waals surface area contributed by atoms with Crippen molar-refractivity contribution in [3.05, 3.63) is 62.6 Å². The van der Waals surface area contributed by atoms with Gasteiger partial charge in [-0.15, -0.1) is 0 Å². The highest BCUT2D eigenvalue weighted by Gasteiger charge is 2.37. The molecule has 0 saturated heterocycles. The van der Waals surface area contributed by atoms with E-state index in [-0.39, 0.29) is 27.6 Å². The summed E-state index contributed by atoms with van der Waals surface area (Å²) in [6.07, 6.45) is 2.42. The minimum atomic E-state index is -0.738. The van der Waals surface area contributed by atoms with Crippen LogP contribution in [-0.2, 0) is 4.74 Å². The Kier molecular flexibility index (Phi) is 6.29. The molecule has 0 bridgehead atoms. The zero-order chi connectivity index (χ0) is 21.3. The number of hydrogen-bond acceptors (Lipinski definition) is 4. The van der Waals surface area contributed by atoms with Crippen molar-refractivity contribution >= 4 is 39.4 Å². The van der Waals surface area contributed by atoms with Crippen molar-refractivity contribution < 1.29 is 18.7 Å². The van der Waals surface area contributed by atoms with Crippen LogP contribution in [0.5, 0.6) is 0 Å². The first-order valence-corrected chi connectivity index (χ1v) is 10.4. The number of nitrogens with one attached hydrogen (secondary N) is 1. The minimum absolute atomic E-state index is 0.00554. The number of hydrogen-bond donors (Lipinski definition) is 1. The zero-order valence-corrected chi connectivity index (χ0v) is 18.6. The summed E-state index contributed by atoms with van der Waals surface area (Å²) in [4.78, 5) is 29.2. The van der Waals surface area contributed by atoms with Gasteiger partial charge in [0.15, 0.2) is 5.78 Å². The molecule has 1 aliphatic carbocycles. The Hall–Kier alpha value is -1.99. The molecule has 1 fully saturated rings. The molecule has 154 valence electrons. The third-order valence-electron chi connectivity index (χ3n) is 4.44. The third kappa shape index (κ3) is 5.34. The molecule has 1 aromatic heterocycles. The van der Waals surface area contributed by atoms with Gasteiger partial charge >= 0.3 is 6.09 Å². The largest absolute Gasteiger partial charge is 0.444 e. The quantitative estimate of drug-likeness (QED) is 0.428. The first-order valence-electron chi connectivity index (χ1n) is 9.20. The number of alkyl carbamates (subject to hydrolysis) is 1. The lowest BCUT2D eigenvalue weighted by molar-refractivity contribution is 0.0496. The van der Waals surface area contributed by atoms with Gasteiger partial charge in [0, 0.05) is 17.3 Å². The predicted molar refractivity (Wildman–Crippen MR) is 112 cm³/mol. The van der Waals surface area contributed by atoms with Crippen LogP contribution in [0.15, 0.2) is 35.1 Å². The summed E-state index contributed by atoms with van der Waals surface area (Å²) in [5.41, 5.74) is -0.470. The fourth-order valence-electron chi connectivity index (χ4n) is 2.99. The van der Waals surface area contributed by atoms with E-state index in [1.807, 2.05) is 0 Å². The van der Waals surface area contributed by atoms with Crippen LogP contribution < -0.4 is 5.32 Å². The van der Waals surface area contributed by atoms with Crippen LogP contribution in [0.2, 0.25) is 5.02 Å². The minimum Gasteiger partial charge on any atom is -0.444 e. The molecule has 0 spiro atoms. The molecule has 0 unspecified atom stereocenters. The second-order valence-corrected chi connectivity index (χ2v) is 9.21. The second kappa shape index (κ2) is 8.40. The number of ether oxygens (including phenoxy) is 1. The van der Waals surface area contributed by atoms with Gasteiger partial charge in [-0.2, -0.15) is 0 Å². The summed E-state index contributed by atoms with van der Waals surface area (Å²) >= 11 is 9.37. The summed E-state index contributed by atoms with van der Waals surface area (Å²) in [7, 11) is 0. The Morgan fingerprint density at radius 1 is 1.28 bits per heavy atom. The number of halogens is 3. The van der Waals surface area contributed by atoms with Gasteiger partial charge in [0.25, 0.3) is 0 Å². The number of ketones is 1. The van der Waals surface area contributed by atoms with E-state index in [2.05, 4.69) is 26.2 Å². The number of benzene rings is 1. The van der Waals surface area contributed by atoms with Crippen LogP contribution >= 0.6 is 27.5 Å². The molecule has 0 radical (unpaired) electrons. The molecule has 1 N–H and O–H groups in total. The normalized spacial score (nSPS) is 15.0. The lowest BCUT2D eigenvalue weighted by atomic mass is 9.95. The van der Waals surface area contributed by atoms with Gasteiger partial charge in [0.1, 0.15) is 16.0 Å². The molecule has 8 heteroatoms. The molecule has 1 aromatic carbocycles. The van der Waals surface area contributed by atoms with Crippen molar-refractivity contribution in [3.8, 4) is 0 Å². The lowest BCUT2D eigenvalue weighted by Crippen LogP contribution is -2.36. The summed E-state index contributed by atoms with van der Waals surface area (Å²) in [6.45, 7) is 5.26. The monoisotopic (exact) mass is 482 g/mol. The first-order chi connectivity index (χ1) is 13.6. The number of rotatable bonds is 5. The first kappa shape index (κ1) is 21.7. The number of carbonyl (C=O) groups excluding carboxylic acids is 2. The van der Waals surface area contributed by atoms with E-state index < -0.39 is 29.3 Å². The molecule has 1 atom stereocenters. The molecule has 1 saturated carbocycles. The number of carbonyl (C=O) groups is 2. The molecule has 29 heavy (non-hydrogen) atoms. The molecule has 0 aliphatic heterocycles. The Balaban J connectivity index is 1.94. The average molecular weight is 484 g/mol. The fraction of sp³-hybridized carbons (Fsp3) is 0.381. The van der Waals surface area contributed by atoms with Crippen molar-refractivity contribution in [1.82, 2.24) is 10.3 Å². The van der Waals surface area contributed by atoms with Crippen molar-refractivity contribution in [2.75, 3.05) is 0 Å². The summed E-state index contributed by atoms with van der Waals surface area (Å²) in [6, 6.07) is 5.52. The van der Waals surface area contributed by atoms with E-state index in [0.717, 1.165) is 12.8 Å². The number of nitrogens with zero attached hydrogens (tertiary/aromatic N) is 1. The van der Waals surface area contributed by atoms with Crippen molar-refractivity contribution in [2.24, 2.45) is 5.92 Å². The van der Waals surface area contributed by atoms with Gasteiger partial charge in [-0.1, -0.05) is 17.7 Å². The molecule has 2 aromatic rings. The molecule has 1 amide bonds. The lowest BCUT2D eigenvalue weighted by Gasteiger charge is -2.24. The summed E-state index contributed by atoms with van der Waals surface area (Å²) < 4.78 is 21.3. The highest BCUT2D eigenvalue weighted by molar-refractivity contribution is 9.10. The van der Waals surface area contributed by atoms with Crippen LogP contribution in [0.4, 0.5) is 9.18 Å². The maximum absolute atomic E-state index is 15.4. The standard InChI is InChI=1S/C21H21BrClFN2O3/c1-21(2,3)29-20(28)26-18(11-4-5-11)13-7-8-14(23)16(17(13)24)19(27)12-6-9-15(22)25-10-12/h6-11,18H,4-5H2,1-3H3,(H,26,28)/t18-/m1/s1. The summed E-state index contributed by atoms with van der Waals surface area (Å²) in [5.74, 6) is -1.23. The SMILES string of the molecule is CC(C)(C)OC(=O)N[C@@H](c1ccc(Cl)c(C(=O)c2ccc(Br)nc2)c1F)C1CC1. The van der Waals surface area contributed by atoms with E-state index in [9.17, 15) is 9.59 Å². The maximum Gasteiger partial charge on any atom is 0.408 e. The smallest absolute Gasteiger partial charge is 0.408 e. The van der Waals surface area contributed by atoms with Crippen LogP contribution in [0, 0.1) is 11.7 Å². The third-order valence-corrected chi connectivity index (χ3v) is 5.22. The summed E-state index contributed by atoms with van der Waals surface area (Å²) in [5, 5.41) is 2.76. The molecular formula is C21H21BrClFN2O3. The van der Waals surface area contributed by atoms with Crippen molar-refractivity contribution in [3.63, 3.8) is 0 Å². The molecule has 5 nitrogen and oxygen atoms in total. The number of aromatic nitrogens is 1. The van der Waals surface area contributed by atoms with E-state index >= 15 is 4.39 Å². The van der Waals surface area contributed by atoms with Crippen LogP contribution in [-0.4, -0.2) is 22.5 Å². The average Bonchev–Trinajstić information content (AvgIpc) is 3.44. The van der Waals surface area contributed by atoms with Gasteiger partial charge in [-0.3, -0.25) is 4.79 Å². The van der Waals surface area contributed by atoms with E-state index in [0.29, 0.717) is 4.60 Å². The van der Waals surface area contributed by atoms with Crippen LogP contribution in [0.1, 0.15) is 61.1 Å².